The van der Waals surface area contributed by atoms with Gasteiger partial charge in [0, 0.05) is 5.56 Å². The summed E-state index contributed by atoms with van der Waals surface area (Å²) in [4.78, 5) is 25.4. The first-order valence-electron chi connectivity index (χ1n) is 12.6. The minimum absolute atomic E-state index is 0.233. The summed E-state index contributed by atoms with van der Waals surface area (Å²) in [5, 5.41) is 7.92. The lowest BCUT2D eigenvalue weighted by atomic mass is 10.0. The normalized spacial score (nSPS) is 11.1. The van der Waals surface area contributed by atoms with E-state index in [0.717, 1.165) is 26.0 Å². The number of benzene rings is 5. The van der Waals surface area contributed by atoms with Gasteiger partial charge in [0.1, 0.15) is 17.2 Å². The maximum atomic E-state index is 12.9. The quantitative estimate of drug-likeness (QED) is 0.0865. The summed E-state index contributed by atoms with van der Waals surface area (Å²) in [5.41, 5.74) is 3.42. The second-order valence-corrected chi connectivity index (χ2v) is 9.52. The highest BCUT2D eigenvalue weighted by Gasteiger charge is 2.14. The molecule has 0 aliphatic rings. The summed E-state index contributed by atoms with van der Waals surface area (Å²) >= 11 is 3.56. The molecule has 7 nitrogen and oxygen atoms in total. The molecule has 0 atom stereocenters. The molecule has 0 spiro atoms. The number of fused-ring (bicyclic) bond motifs is 2. The Balaban J connectivity index is 1.30. The maximum Gasteiger partial charge on any atom is 0.343 e. The lowest BCUT2D eigenvalue weighted by molar-refractivity contribution is -0.123. The van der Waals surface area contributed by atoms with Gasteiger partial charge in [-0.25, -0.2) is 10.2 Å². The van der Waals surface area contributed by atoms with Gasteiger partial charge in [-0.15, -0.1) is 0 Å². The average Bonchev–Trinajstić information content (AvgIpc) is 2.98. The number of nitrogens with one attached hydrogen (secondary N) is 1. The first-order chi connectivity index (χ1) is 19.5. The van der Waals surface area contributed by atoms with E-state index in [-0.39, 0.29) is 6.61 Å². The van der Waals surface area contributed by atoms with Gasteiger partial charge in [0.05, 0.1) is 22.9 Å². The molecule has 0 aliphatic heterocycles. The fourth-order valence-electron chi connectivity index (χ4n) is 4.18. The fourth-order valence-corrected chi connectivity index (χ4v) is 4.79. The number of hydrogen-bond donors (Lipinski definition) is 1. The summed E-state index contributed by atoms with van der Waals surface area (Å²) in [6.45, 7) is 2.20. The van der Waals surface area contributed by atoms with E-state index in [0.29, 0.717) is 35.0 Å². The summed E-state index contributed by atoms with van der Waals surface area (Å²) < 4.78 is 17.7. The Morgan fingerprint density at radius 3 is 2.17 bits per heavy atom. The molecule has 0 aromatic heterocycles. The predicted octanol–water partition coefficient (Wildman–Crippen LogP) is 6.90. The Morgan fingerprint density at radius 1 is 0.800 bits per heavy atom. The number of nitrogens with zero attached hydrogens (tertiary/aromatic N) is 1. The van der Waals surface area contributed by atoms with Crippen LogP contribution in [0, 0.1) is 0 Å². The van der Waals surface area contributed by atoms with E-state index < -0.39 is 11.9 Å². The predicted molar refractivity (Wildman–Crippen MR) is 159 cm³/mol. The lowest BCUT2D eigenvalue weighted by Gasteiger charge is -2.11. The van der Waals surface area contributed by atoms with Crippen LogP contribution in [0.4, 0.5) is 0 Å². The van der Waals surface area contributed by atoms with Gasteiger partial charge in [-0.05, 0) is 80.8 Å². The standard InChI is InChI=1S/C32H25BrN2O5/c1-2-38-24-15-11-23(12-16-24)32(37)40-28-17-13-21-7-3-5-9-25(21)27(28)19-34-35-30(36)20-39-29-18-14-22-8-4-6-10-26(22)31(29)33/h3-19H,2,20H2,1H3,(H,35,36)/b34-19+. The van der Waals surface area contributed by atoms with Gasteiger partial charge >= 0.3 is 5.97 Å². The molecule has 5 aromatic rings. The number of carbonyl (C=O) groups is 2. The second kappa shape index (κ2) is 12.4. The molecule has 0 saturated carbocycles. The number of hydrazone groups is 1. The van der Waals surface area contributed by atoms with Crippen LogP contribution in [-0.2, 0) is 4.79 Å². The number of ether oxygens (including phenoxy) is 3. The molecule has 1 amide bonds. The highest BCUT2D eigenvalue weighted by atomic mass is 79.9. The monoisotopic (exact) mass is 596 g/mol. The van der Waals surface area contributed by atoms with Gasteiger partial charge in [0.2, 0.25) is 0 Å². The zero-order valence-electron chi connectivity index (χ0n) is 21.6. The molecular formula is C32H25BrN2O5. The first-order valence-corrected chi connectivity index (χ1v) is 13.4. The molecule has 0 radical (unpaired) electrons. The minimum atomic E-state index is -0.522. The molecule has 5 rings (SSSR count). The highest BCUT2D eigenvalue weighted by molar-refractivity contribution is 9.10. The van der Waals surface area contributed by atoms with Gasteiger partial charge in [-0.2, -0.15) is 5.10 Å². The number of esters is 1. The number of hydrogen-bond acceptors (Lipinski definition) is 6. The van der Waals surface area contributed by atoms with Crippen LogP contribution < -0.4 is 19.6 Å². The van der Waals surface area contributed by atoms with Crippen molar-refractivity contribution in [1.82, 2.24) is 5.43 Å². The molecule has 0 unspecified atom stereocenters. The summed E-state index contributed by atoms with van der Waals surface area (Å²) in [6, 6.07) is 29.6. The molecule has 0 aliphatic carbocycles. The Kier molecular flexibility index (Phi) is 8.37. The Hall–Kier alpha value is -4.69. The van der Waals surface area contributed by atoms with Gasteiger partial charge < -0.3 is 14.2 Å². The fraction of sp³-hybridized carbons (Fsp3) is 0.0938. The number of amides is 1. The van der Waals surface area contributed by atoms with Crippen molar-refractivity contribution in [3.8, 4) is 17.2 Å². The third-order valence-corrected chi connectivity index (χ3v) is 6.92. The Bertz CT molecular complexity index is 1720. The zero-order valence-corrected chi connectivity index (χ0v) is 23.2. The van der Waals surface area contributed by atoms with Crippen LogP contribution >= 0.6 is 15.9 Å². The van der Waals surface area contributed by atoms with Crippen molar-refractivity contribution in [1.29, 1.82) is 0 Å². The van der Waals surface area contributed by atoms with Crippen molar-refractivity contribution in [2.75, 3.05) is 13.2 Å². The van der Waals surface area contributed by atoms with Gasteiger partial charge in [0.15, 0.2) is 6.61 Å². The van der Waals surface area contributed by atoms with E-state index >= 15 is 0 Å². The molecule has 5 aromatic carbocycles. The van der Waals surface area contributed by atoms with Crippen molar-refractivity contribution in [3.05, 3.63) is 113 Å². The largest absolute Gasteiger partial charge is 0.494 e. The molecule has 0 saturated heterocycles. The van der Waals surface area contributed by atoms with E-state index in [1.807, 2.05) is 73.7 Å². The minimum Gasteiger partial charge on any atom is -0.494 e. The topological polar surface area (TPSA) is 86.2 Å². The smallest absolute Gasteiger partial charge is 0.343 e. The SMILES string of the molecule is CCOc1ccc(C(=O)Oc2ccc3ccccc3c2/C=N/NC(=O)COc2ccc3ccccc3c2Br)cc1. The van der Waals surface area contributed by atoms with Crippen molar-refractivity contribution >= 4 is 55.6 Å². The van der Waals surface area contributed by atoms with E-state index in [2.05, 4.69) is 26.5 Å². The van der Waals surface area contributed by atoms with Crippen LogP contribution in [0.1, 0.15) is 22.8 Å². The average molecular weight is 597 g/mol. The number of carbonyl (C=O) groups excluding carboxylic acids is 2. The summed E-state index contributed by atoms with van der Waals surface area (Å²) in [5.74, 6) is 0.573. The van der Waals surface area contributed by atoms with Crippen molar-refractivity contribution in [2.45, 2.75) is 6.92 Å². The van der Waals surface area contributed by atoms with Crippen LogP contribution in [0.5, 0.6) is 17.2 Å². The van der Waals surface area contributed by atoms with Crippen LogP contribution in [0.15, 0.2) is 107 Å². The van der Waals surface area contributed by atoms with Crippen LogP contribution in [0.3, 0.4) is 0 Å². The summed E-state index contributed by atoms with van der Waals surface area (Å²) in [7, 11) is 0. The number of rotatable bonds is 9. The molecule has 0 bridgehead atoms. The maximum absolute atomic E-state index is 12.9. The van der Waals surface area contributed by atoms with Crippen molar-refractivity contribution in [3.63, 3.8) is 0 Å². The highest BCUT2D eigenvalue weighted by Crippen LogP contribution is 2.33. The summed E-state index contributed by atoms with van der Waals surface area (Å²) in [6.07, 6.45) is 1.47. The number of halogens is 1. The van der Waals surface area contributed by atoms with Gasteiger partial charge in [0.25, 0.3) is 5.91 Å². The van der Waals surface area contributed by atoms with Crippen LogP contribution in [0.2, 0.25) is 0 Å². The molecular weight excluding hydrogens is 572 g/mol. The van der Waals surface area contributed by atoms with Gasteiger partial charge in [-0.3, -0.25) is 4.79 Å². The van der Waals surface area contributed by atoms with E-state index in [1.54, 1.807) is 30.3 Å². The third kappa shape index (κ3) is 6.13. The van der Waals surface area contributed by atoms with Crippen molar-refractivity contribution < 1.29 is 23.8 Å². The molecule has 0 fully saturated rings. The zero-order chi connectivity index (χ0) is 27.9. The van der Waals surface area contributed by atoms with Crippen LogP contribution in [-0.4, -0.2) is 31.3 Å². The molecule has 8 heteroatoms. The Labute approximate surface area is 239 Å². The van der Waals surface area contributed by atoms with Crippen LogP contribution in [0.25, 0.3) is 21.5 Å². The first kappa shape index (κ1) is 26.9. The molecule has 1 N–H and O–H groups in total. The van der Waals surface area contributed by atoms with E-state index in [1.165, 1.54) is 6.21 Å². The molecule has 40 heavy (non-hydrogen) atoms. The molecule has 0 heterocycles. The third-order valence-electron chi connectivity index (χ3n) is 6.10. The Morgan fingerprint density at radius 2 is 1.45 bits per heavy atom. The lowest BCUT2D eigenvalue weighted by Crippen LogP contribution is -2.24. The molecule has 200 valence electrons. The van der Waals surface area contributed by atoms with E-state index in [9.17, 15) is 9.59 Å². The van der Waals surface area contributed by atoms with Crippen molar-refractivity contribution in [2.24, 2.45) is 5.10 Å². The van der Waals surface area contributed by atoms with E-state index in [4.69, 9.17) is 14.2 Å². The second-order valence-electron chi connectivity index (χ2n) is 8.73. The van der Waals surface area contributed by atoms with Gasteiger partial charge in [-0.1, -0.05) is 60.7 Å².